The van der Waals surface area contributed by atoms with Crippen molar-refractivity contribution in [1.29, 1.82) is 0 Å². The highest BCUT2D eigenvalue weighted by Crippen LogP contribution is 2.28. The van der Waals surface area contributed by atoms with Crippen LogP contribution in [0.3, 0.4) is 0 Å². The molecule has 4 heteroatoms. The SMILES string of the molecule is Oc1ccccc1-c1ncc2cc(Cl)ccn12. The van der Waals surface area contributed by atoms with Crippen LogP contribution < -0.4 is 0 Å². The lowest BCUT2D eigenvalue weighted by atomic mass is 10.2. The van der Waals surface area contributed by atoms with Crippen molar-refractivity contribution in [3.05, 3.63) is 53.8 Å². The summed E-state index contributed by atoms with van der Waals surface area (Å²) < 4.78 is 1.89. The van der Waals surface area contributed by atoms with E-state index in [-0.39, 0.29) is 5.75 Å². The van der Waals surface area contributed by atoms with Gasteiger partial charge in [-0.1, -0.05) is 23.7 Å². The fraction of sp³-hybridized carbons (Fsp3) is 0. The van der Waals surface area contributed by atoms with Crippen molar-refractivity contribution in [2.24, 2.45) is 0 Å². The van der Waals surface area contributed by atoms with Crippen LogP contribution in [0.4, 0.5) is 0 Å². The molecular formula is C13H9ClN2O. The first-order chi connectivity index (χ1) is 8.25. The number of halogens is 1. The quantitative estimate of drug-likeness (QED) is 0.713. The molecule has 0 saturated carbocycles. The summed E-state index contributed by atoms with van der Waals surface area (Å²) in [7, 11) is 0. The van der Waals surface area contributed by atoms with Crippen LogP contribution in [0.15, 0.2) is 48.8 Å². The summed E-state index contributed by atoms with van der Waals surface area (Å²) in [4.78, 5) is 4.31. The molecule has 0 aliphatic rings. The molecule has 3 nitrogen and oxygen atoms in total. The maximum atomic E-state index is 9.82. The topological polar surface area (TPSA) is 37.5 Å². The van der Waals surface area contributed by atoms with E-state index in [4.69, 9.17) is 11.6 Å². The van der Waals surface area contributed by atoms with Gasteiger partial charge in [-0.05, 0) is 24.3 Å². The largest absolute Gasteiger partial charge is 0.507 e. The van der Waals surface area contributed by atoms with E-state index < -0.39 is 0 Å². The Kier molecular flexibility index (Phi) is 2.27. The number of para-hydroxylation sites is 1. The zero-order chi connectivity index (χ0) is 11.8. The third kappa shape index (κ3) is 1.65. The maximum absolute atomic E-state index is 9.82. The summed E-state index contributed by atoms with van der Waals surface area (Å²) in [6.45, 7) is 0. The monoisotopic (exact) mass is 244 g/mol. The van der Waals surface area contributed by atoms with Crippen molar-refractivity contribution in [1.82, 2.24) is 9.38 Å². The Morgan fingerprint density at radius 3 is 2.82 bits per heavy atom. The van der Waals surface area contributed by atoms with Gasteiger partial charge in [0.15, 0.2) is 0 Å². The molecule has 0 unspecified atom stereocenters. The van der Waals surface area contributed by atoms with Gasteiger partial charge in [0.2, 0.25) is 0 Å². The molecule has 0 bridgehead atoms. The van der Waals surface area contributed by atoms with Gasteiger partial charge >= 0.3 is 0 Å². The second kappa shape index (κ2) is 3.79. The summed E-state index contributed by atoms with van der Waals surface area (Å²) in [5, 5.41) is 10.5. The van der Waals surface area contributed by atoms with Gasteiger partial charge < -0.3 is 5.11 Å². The van der Waals surface area contributed by atoms with Crippen LogP contribution in [0.1, 0.15) is 0 Å². The van der Waals surface area contributed by atoms with Crippen molar-refractivity contribution >= 4 is 17.1 Å². The fourth-order valence-electron chi connectivity index (χ4n) is 1.83. The third-order valence-corrected chi connectivity index (χ3v) is 2.87. The molecule has 1 N–H and O–H groups in total. The second-order valence-electron chi connectivity index (χ2n) is 3.74. The van der Waals surface area contributed by atoms with E-state index in [1.54, 1.807) is 24.4 Å². The summed E-state index contributed by atoms with van der Waals surface area (Å²) in [5.41, 5.74) is 1.60. The summed E-state index contributed by atoms with van der Waals surface area (Å²) in [5.74, 6) is 0.921. The van der Waals surface area contributed by atoms with Gasteiger partial charge in [-0.25, -0.2) is 4.98 Å². The molecule has 17 heavy (non-hydrogen) atoms. The highest BCUT2D eigenvalue weighted by Gasteiger charge is 2.09. The van der Waals surface area contributed by atoms with Crippen LogP contribution in [0, 0.1) is 0 Å². The number of imidazole rings is 1. The highest BCUT2D eigenvalue weighted by molar-refractivity contribution is 6.30. The molecular weight excluding hydrogens is 236 g/mol. The Hall–Kier alpha value is -2.00. The van der Waals surface area contributed by atoms with Gasteiger partial charge in [0.05, 0.1) is 17.3 Å². The minimum absolute atomic E-state index is 0.218. The van der Waals surface area contributed by atoms with Crippen LogP contribution in [0.5, 0.6) is 5.75 Å². The predicted molar refractivity (Wildman–Crippen MR) is 67.3 cm³/mol. The Labute approximate surface area is 103 Å². The van der Waals surface area contributed by atoms with E-state index in [9.17, 15) is 5.11 Å². The first-order valence-electron chi connectivity index (χ1n) is 5.17. The third-order valence-electron chi connectivity index (χ3n) is 2.64. The van der Waals surface area contributed by atoms with Gasteiger partial charge in [-0.3, -0.25) is 4.40 Å². The molecule has 0 saturated heterocycles. The number of aromatic nitrogens is 2. The maximum Gasteiger partial charge on any atom is 0.148 e. The molecule has 0 aliphatic heterocycles. The molecule has 3 rings (SSSR count). The fourth-order valence-corrected chi connectivity index (χ4v) is 2.00. The number of fused-ring (bicyclic) bond motifs is 1. The zero-order valence-electron chi connectivity index (χ0n) is 8.84. The van der Waals surface area contributed by atoms with Crippen LogP contribution in [-0.2, 0) is 0 Å². The molecule has 0 amide bonds. The number of rotatable bonds is 1. The minimum Gasteiger partial charge on any atom is -0.507 e. The molecule has 84 valence electrons. The lowest BCUT2D eigenvalue weighted by Gasteiger charge is -2.03. The van der Waals surface area contributed by atoms with Crippen molar-refractivity contribution in [2.75, 3.05) is 0 Å². The molecule has 3 aromatic rings. The van der Waals surface area contributed by atoms with Crippen LogP contribution in [0.2, 0.25) is 5.02 Å². The van der Waals surface area contributed by atoms with E-state index in [1.165, 1.54) is 0 Å². The Balaban J connectivity index is 2.29. The molecule has 2 aromatic heterocycles. The van der Waals surface area contributed by atoms with E-state index in [0.29, 0.717) is 16.4 Å². The van der Waals surface area contributed by atoms with Crippen molar-refractivity contribution in [3.8, 4) is 17.1 Å². The van der Waals surface area contributed by atoms with E-state index in [1.807, 2.05) is 28.8 Å². The van der Waals surface area contributed by atoms with E-state index in [2.05, 4.69) is 4.98 Å². The van der Waals surface area contributed by atoms with Gasteiger partial charge in [0.25, 0.3) is 0 Å². The molecule has 0 spiro atoms. The van der Waals surface area contributed by atoms with E-state index >= 15 is 0 Å². The van der Waals surface area contributed by atoms with Crippen LogP contribution >= 0.6 is 11.6 Å². The molecule has 0 radical (unpaired) electrons. The molecule has 2 heterocycles. The number of aromatic hydroxyl groups is 1. The number of phenolic OH excluding ortho intramolecular Hbond substituents is 1. The lowest BCUT2D eigenvalue weighted by Crippen LogP contribution is -1.89. The average molecular weight is 245 g/mol. The average Bonchev–Trinajstić information content (AvgIpc) is 2.72. The normalized spacial score (nSPS) is 10.9. The first kappa shape index (κ1) is 10.2. The minimum atomic E-state index is 0.218. The predicted octanol–water partition coefficient (Wildman–Crippen LogP) is 3.36. The number of nitrogens with zero attached hydrogens (tertiary/aromatic N) is 2. The number of pyridine rings is 1. The van der Waals surface area contributed by atoms with Crippen molar-refractivity contribution < 1.29 is 5.11 Å². The molecule has 1 aromatic carbocycles. The van der Waals surface area contributed by atoms with E-state index in [0.717, 1.165) is 5.52 Å². The Morgan fingerprint density at radius 1 is 1.18 bits per heavy atom. The number of benzene rings is 1. The summed E-state index contributed by atoms with van der Waals surface area (Å²) in [6.07, 6.45) is 3.57. The standard InChI is InChI=1S/C13H9ClN2O/c14-9-5-6-16-10(7-9)8-15-13(16)11-3-1-2-4-12(11)17/h1-8,17H. The number of hydrogen-bond acceptors (Lipinski definition) is 2. The Morgan fingerprint density at radius 2 is 2.00 bits per heavy atom. The second-order valence-corrected chi connectivity index (χ2v) is 4.18. The van der Waals surface area contributed by atoms with Gasteiger partial charge in [0.1, 0.15) is 11.6 Å². The van der Waals surface area contributed by atoms with Crippen LogP contribution in [0.25, 0.3) is 16.9 Å². The van der Waals surface area contributed by atoms with Gasteiger partial charge in [-0.15, -0.1) is 0 Å². The van der Waals surface area contributed by atoms with Gasteiger partial charge in [-0.2, -0.15) is 0 Å². The first-order valence-corrected chi connectivity index (χ1v) is 5.54. The van der Waals surface area contributed by atoms with Gasteiger partial charge in [0, 0.05) is 11.2 Å². The number of phenols is 1. The zero-order valence-corrected chi connectivity index (χ0v) is 9.59. The Bertz CT molecular complexity index is 691. The smallest absolute Gasteiger partial charge is 0.148 e. The summed E-state index contributed by atoms with van der Waals surface area (Å²) >= 11 is 5.91. The lowest BCUT2D eigenvalue weighted by molar-refractivity contribution is 0.477. The number of hydrogen-bond donors (Lipinski definition) is 1. The molecule has 0 atom stereocenters. The summed E-state index contributed by atoms with van der Waals surface area (Å²) in [6, 6.07) is 10.8. The highest BCUT2D eigenvalue weighted by atomic mass is 35.5. The van der Waals surface area contributed by atoms with Crippen molar-refractivity contribution in [2.45, 2.75) is 0 Å². The van der Waals surface area contributed by atoms with Crippen molar-refractivity contribution in [3.63, 3.8) is 0 Å². The molecule has 0 fully saturated rings. The van der Waals surface area contributed by atoms with Crippen LogP contribution in [-0.4, -0.2) is 14.5 Å². The molecule has 0 aliphatic carbocycles.